The number of rotatable bonds is 6. The van der Waals surface area contributed by atoms with Gasteiger partial charge in [-0.1, -0.05) is 48.0 Å². The molecular weight excluding hydrogens is 471 g/mol. The fourth-order valence-electron chi connectivity index (χ4n) is 3.38. The van der Waals surface area contributed by atoms with E-state index in [9.17, 15) is 18.8 Å². The van der Waals surface area contributed by atoms with Gasteiger partial charge in [-0.25, -0.2) is 9.18 Å². The number of amides is 3. The number of pyridine rings is 1. The van der Waals surface area contributed by atoms with Crippen molar-refractivity contribution in [3.8, 4) is 5.69 Å². The molecule has 0 saturated carbocycles. The first-order valence-electron chi connectivity index (χ1n) is 10.6. The van der Waals surface area contributed by atoms with Crippen LogP contribution in [0.15, 0.2) is 102 Å². The molecule has 1 heterocycles. The molecule has 1 aromatic heterocycles. The molecule has 0 fully saturated rings. The summed E-state index contributed by atoms with van der Waals surface area (Å²) in [6.45, 7) is 0. The van der Waals surface area contributed by atoms with E-state index in [1.54, 1.807) is 66.7 Å². The normalized spacial score (nSPS) is 11.4. The maximum absolute atomic E-state index is 14.8. The molecule has 0 aliphatic carbocycles. The van der Waals surface area contributed by atoms with Crippen molar-refractivity contribution < 1.29 is 14.0 Å². The quantitative estimate of drug-likeness (QED) is 0.350. The Kier molecular flexibility index (Phi) is 7.23. The molecule has 9 heteroatoms. The zero-order chi connectivity index (χ0) is 24.8. The minimum absolute atomic E-state index is 0.0939. The minimum atomic E-state index is -1.11. The Hall–Kier alpha value is -4.43. The monoisotopic (exact) mass is 490 g/mol. The number of hydrogen-bond donors (Lipinski definition) is 3. The Bertz CT molecular complexity index is 1410. The molecule has 0 aliphatic heterocycles. The maximum Gasteiger partial charge on any atom is 0.320 e. The van der Waals surface area contributed by atoms with Gasteiger partial charge in [-0.15, -0.1) is 0 Å². The smallest absolute Gasteiger partial charge is 0.320 e. The van der Waals surface area contributed by atoms with Gasteiger partial charge in [-0.05, 0) is 48.0 Å². The third-order valence-corrected chi connectivity index (χ3v) is 5.34. The summed E-state index contributed by atoms with van der Waals surface area (Å²) >= 11 is 5.87. The summed E-state index contributed by atoms with van der Waals surface area (Å²) in [5, 5.41) is 8.29. The molecule has 35 heavy (non-hydrogen) atoms. The van der Waals surface area contributed by atoms with E-state index >= 15 is 0 Å². The lowest BCUT2D eigenvalue weighted by Crippen LogP contribution is -2.39. The molecule has 7 nitrogen and oxygen atoms in total. The van der Waals surface area contributed by atoms with Crippen LogP contribution < -0.4 is 21.5 Å². The number of benzene rings is 3. The molecule has 0 bridgehead atoms. The molecule has 0 saturated heterocycles. The number of nitrogens with zero attached hydrogens (tertiary/aromatic N) is 1. The third kappa shape index (κ3) is 5.93. The molecule has 0 spiro atoms. The second-order valence-corrected chi connectivity index (χ2v) is 7.95. The Morgan fingerprint density at radius 2 is 1.57 bits per heavy atom. The Labute approximate surface area is 205 Å². The van der Waals surface area contributed by atoms with Crippen molar-refractivity contribution in [1.29, 1.82) is 0 Å². The van der Waals surface area contributed by atoms with E-state index in [1.165, 1.54) is 29.0 Å². The molecule has 176 valence electrons. The van der Waals surface area contributed by atoms with E-state index in [1.807, 2.05) is 0 Å². The van der Waals surface area contributed by atoms with Gasteiger partial charge in [0.05, 0.1) is 11.4 Å². The number of halogens is 2. The van der Waals surface area contributed by atoms with Crippen LogP contribution in [0.5, 0.6) is 0 Å². The highest BCUT2D eigenvalue weighted by molar-refractivity contribution is 6.30. The van der Waals surface area contributed by atoms with Crippen LogP contribution in [0.1, 0.15) is 11.6 Å². The zero-order valence-electron chi connectivity index (χ0n) is 18.2. The number of aromatic nitrogens is 1. The van der Waals surface area contributed by atoms with E-state index in [0.29, 0.717) is 22.0 Å². The second kappa shape index (κ2) is 10.7. The summed E-state index contributed by atoms with van der Waals surface area (Å²) in [6.07, 6.45) is 1.52. The van der Waals surface area contributed by atoms with Crippen molar-refractivity contribution in [2.24, 2.45) is 0 Å². The standard InChI is InChI=1S/C26H20ClFN4O3/c27-18-9-11-19(12-10-18)29-26(35)31-24(17-6-2-1-3-7-17)25(34)30-22-14-13-20(16-21(22)28)32-15-5-4-8-23(32)33/h1-16,24H,(H,30,34)(H2,29,31,35)/t24-/m1/s1. The first-order valence-corrected chi connectivity index (χ1v) is 10.9. The summed E-state index contributed by atoms with van der Waals surface area (Å²) in [7, 11) is 0. The topological polar surface area (TPSA) is 92.2 Å². The molecule has 3 N–H and O–H groups in total. The molecule has 3 amide bonds. The molecule has 3 aromatic carbocycles. The highest BCUT2D eigenvalue weighted by Gasteiger charge is 2.24. The molecule has 1 atom stereocenters. The van der Waals surface area contributed by atoms with Crippen LogP contribution >= 0.6 is 11.6 Å². The van der Waals surface area contributed by atoms with Gasteiger partial charge in [0.15, 0.2) is 0 Å². The molecule has 0 radical (unpaired) electrons. The molecular formula is C26H20ClFN4O3. The Balaban J connectivity index is 1.53. The van der Waals surface area contributed by atoms with Crippen molar-refractivity contribution in [3.63, 3.8) is 0 Å². The van der Waals surface area contributed by atoms with Gasteiger partial charge in [0.1, 0.15) is 11.9 Å². The minimum Gasteiger partial charge on any atom is -0.322 e. The largest absolute Gasteiger partial charge is 0.322 e. The first-order chi connectivity index (χ1) is 16.9. The number of anilines is 2. The van der Waals surface area contributed by atoms with Gasteiger partial charge in [-0.2, -0.15) is 0 Å². The van der Waals surface area contributed by atoms with Crippen LogP contribution in [-0.4, -0.2) is 16.5 Å². The Morgan fingerprint density at radius 3 is 2.26 bits per heavy atom. The molecule has 4 aromatic rings. The summed E-state index contributed by atoms with van der Waals surface area (Å²) in [5.41, 5.74) is 0.888. The van der Waals surface area contributed by atoms with Crippen LogP contribution in [0.3, 0.4) is 0 Å². The lowest BCUT2D eigenvalue weighted by molar-refractivity contribution is -0.118. The fourth-order valence-corrected chi connectivity index (χ4v) is 3.50. The van der Waals surface area contributed by atoms with Gasteiger partial charge >= 0.3 is 6.03 Å². The van der Waals surface area contributed by atoms with Crippen molar-refractivity contribution in [1.82, 2.24) is 9.88 Å². The highest BCUT2D eigenvalue weighted by Crippen LogP contribution is 2.21. The van der Waals surface area contributed by atoms with E-state index in [4.69, 9.17) is 11.6 Å². The lowest BCUT2D eigenvalue weighted by atomic mass is 10.1. The van der Waals surface area contributed by atoms with Gasteiger partial charge in [0, 0.05) is 29.0 Å². The lowest BCUT2D eigenvalue weighted by Gasteiger charge is -2.20. The van der Waals surface area contributed by atoms with Gasteiger partial charge in [0.2, 0.25) is 0 Å². The highest BCUT2D eigenvalue weighted by atomic mass is 35.5. The van der Waals surface area contributed by atoms with E-state index in [2.05, 4.69) is 16.0 Å². The van der Waals surface area contributed by atoms with Gasteiger partial charge in [0.25, 0.3) is 11.5 Å². The molecule has 4 rings (SSSR count). The van der Waals surface area contributed by atoms with Crippen LogP contribution in [0.2, 0.25) is 5.02 Å². The summed E-state index contributed by atoms with van der Waals surface area (Å²) < 4.78 is 16.1. The van der Waals surface area contributed by atoms with Crippen molar-refractivity contribution in [2.75, 3.05) is 10.6 Å². The fraction of sp³-hybridized carbons (Fsp3) is 0.0385. The SMILES string of the molecule is O=C(Nc1ccc(Cl)cc1)N[C@@H](C(=O)Nc1ccc(-n2ccccc2=O)cc1F)c1ccccc1. The van der Waals surface area contributed by atoms with Crippen LogP contribution in [0.25, 0.3) is 5.69 Å². The number of hydrogen-bond acceptors (Lipinski definition) is 3. The predicted octanol–water partition coefficient (Wildman–Crippen LogP) is 5.13. The van der Waals surface area contributed by atoms with Crippen LogP contribution in [-0.2, 0) is 4.79 Å². The first kappa shape index (κ1) is 23.7. The summed E-state index contributed by atoms with van der Waals surface area (Å²) in [6, 6.07) is 21.9. The van der Waals surface area contributed by atoms with Gasteiger partial charge in [-0.3, -0.25) is 14.2 Å². The Morgan fingerprint density at radius 1 is 0.857 bits per heavy atom. The van der Waals surface area contributed by atoms with E-state index in [-0.39, 0.29) is 11.2 Å². The van der Waals surface area contributed by atoms with Crippen molar-refractivity contribution in [2.45, 2.75) is 6.04 Å². The third-order valence-electron chi connectivity index (χ3n) is 5.08. The number of carbonyl (C=O) groups excluding carboxylic acids is 2. The molecule has 0 aliphatic rings. The summed E-state index contributed by atoms with van der Waals surface area (Å²) in [5.74, 6) is -1.38. The average Bonchev–Trinajstić information content (AvgIpc) is 2.86. The molecule has 0 unspecified atom stereocenters. The maximum atomic E-state index is 14.8. The summed E-state index contributed by atoms with van der Waals surface area (Å²) in [4.78, 5) is 37.7. The average molecular weight is 491 g/mol. The van der Waals surface area contributed by atoms with Crippen LogP contribution in [0, 0.1) is 5.82 Å². The van der Waals surface area contributed by atoms with E-state index in [0.717, 1.165) is 6.07 Å². The number of carbonyl (C=O) groups is 2. The predicted molar refractivity (Wildman–Crippen MR) is 133 cm³/mol. The number of urea groups is 1. The van der Waals surface area contributed by atoms with Crippen molar-refractivity contribution >= 4 is 34.9 Å². The zero-order valence-corrected chi connectivity index (χ0v) is 19.0. The van der Waals surface area contributed by atoms with Crippen LogP contribution in [0.4, 0.5) is 20.6 Å². The second-order valence-electron chi connectivity index (χ2n) is 7.51. The van der Waals surface area contributed by atoms with Gasteiger partial charge < -0.3 is 16.0 Å². The number of nitrogens with one attached hydrogen (secondary N) is 3. The van der Waals surface area contributed by atoms with E-state index < -0.39 is 23.8 Å². The van der Waals surface area contributed by atoms with Crippen molar-refractivity contribution in [3.05, 3.63) is 124 Å².